The molecule has 0 radical (unpaired) electrons. The van der Waals surface area contributed by atoms with E-state index in [0.717, 1.165) is 38.4 Å². The van der Waals surface area contributed by atoms with Crippen molar-refractivity contribution in [1.29, 1.82) is 0 Å². The van der Waals surface area contributed by atoms with Crippen molar-refractivity contribution in [3.63, 3.8) is 0 Å². The number of nitrogens with one attached hydrogen (secondary N) is 2. The van der Waals surface area contributed by atoms with Crippen LogP contribution in [-0.4, -0.2) is 11.9 Å². The van der Waals surface area contributed by atoms with Crippen LogP contribution in [0.15, 0.2) is 77.3 Å². The number of phenolic OH excluding ortho intramolecular Hbond substituents is 1. The molecule has 6 heteroatoms. The van der Waals surface area contributed by atoms with Crippen LogP contribution in [0.2, 0.25) is 0 Å². The van der Waals surface area contributed by atoms with Crippen molar-refractivity contribution in [2.24, 2.45) is 0 Å². The second kappa shape index (κ2) is 7.46. The van der Waals surface area contributed by atoms with Gasteiger partial charge in [-0.25, -0.2) is 0 Å². The number of halogens is 1. The minimum absolute atomic E-state index is 0.137. The number of benzene rings is 3. The maximum Gasteiger partial charge on any atom is 0.231 e. The topological polar surface area (TPSA) is 62.8 Å². The van der Waals surface area contributed by atoms with Crippen LogP contribution in [0.4, 0.5) is 0 Å². The largest absolute Gasteiger partial charge is 0.508 e. The predicted molar refractivity (Wildman–Crippen MR) is 115 cm³/mol. The first-order valence-electron chi connectivity index (χ1n) is 9.35. The van der Waals surface area contributed by atoms with Crippen molar-refractivity contribution in [3.05, 3.63) is 94.0 Å². The lowest BCUT2D eigenvalue weighted by atomic mass is 9.97. The first-order valence-corrected chi connectivity index (χ1v) is 10.1. The molecule has 29 heavy (non-hydrogen) atoms. The summed E-state index contributed by atoms with van der Waals surface area (Å²) in [6, 6.07) is 21.3. The molecule has 0 aromatic heterocycles. The summed E-state index contributed by atoms with van der Waals surface area (Å²) >= 11 is 3.55. The number of para-hydroxylation sites is 1. The third-order valence-electron chi connectivity index (χ3n) is 5.12. The van der Waals surface area contributed by atoms with Crippen LogP contribution in [0.1, 0.15) is 28.9 Å². The number of hydrogen-bond acceptors (Lipinski definition) is 5. The fourth-order valence-corrected chi connectivity index (χ4v) is 4.10. The van der Waals surface area contributed by atoms with Crippen LogP contribution in [0.25, 0.3) is 5.70 Å². The molecule has 0 bridgehead atoms. The number of aromatic hydroxyl groups is 1. The molecule has 0 amide bonds. The maximum atomic E-state index is 10.4. The van der Waals surface area contributed by atoms with Gasteiger partial charge in [0.15, 0.2) is 11.5 Å². The molecule has 146 valence electrons. The van der Waals surface area contributed by atoms with Gasteiger partial charge in [0.1, 0.15) is 11.9 Å². The van der Waals surface area contributed by atoms with E-state index in [-0.39, 0.29) is 24.8 Å². The molecule has 3 aromatic rings. The third-order valence-corrected chi connectivity index (χ3v) is 5.61. The summed E-state index contributed by atoms with van der Waals surface area (Å²) in [5, 5.41) is 17.6. The Hall–Kier alpha value is -2.96. The minimum atomic E-state index is -0.165. The Morgan fingerprint density at radius 3 is 2.66 bits per heavy atom. The first kappa shape index (κ1) is 18.1. The third kappa shape index (κ3) is 3.57. The zero-order chi connectivity index (χ0) is 19.8. The van der Waals surface area contributed by atoms with Gasteiger partial charge in [0, 0.05) is 21.3 Å². The van der Waals surface area contributed by atoms with E-state index in [9.17, 15) is 5.11 Å². The smallest absolute Gasteiger partial charge is 0.231 e. The van der Waals surface area contributed by atoms with Crippen LogP contribution in [-0.2, 0) is 0 Å². The number of hydrogen-bond donors (Lipinski definition) is 3. The molecule has 0 spiro atoms. The van der Waals surface area contributed by atoms with Crippen LogP contribution >= 0.6 is 15.9 Å². The van der Waals surface area contributed by atoms with Crippen molar-refractivity contribution < 1.29 is 14.6 Å². The van der Waals surface area contributed by atoms with Gasteiger partial charge in [0.25, 0.3) is 0 Å². The number of fused-ring (bicyclic) bond motifs is 1. The summed E-state index contributed by atoms with van der Waals surface area (Å²) in [5.74, 6) is 1.76. The molecule has 2 heterocycles. The van der Waals surface area contributed by atoms with E-state index in [2.05, 4.69) is 44.8 Å². The van der Waals surface area contributed by atoms with Crippen LogP contribution < -0.4 is 20.1 Å². The molecule has 5 nitrogen and oxygen atoms in total. The van der Waals surface area contributed by atoms with Crippen molar-refractivity contribution in [1.82, 2.24) is 10.6 Å². The summed E-state index contributed by atoms with van der Waals surface area (Å²) in [4.78, 5) is 0. The molecule has 2 unspecified atom stereocenters. The molecule has 0 fully saturated rings. The van der Waals surface area contributed by atoms with Crippen LogP contribution in [0.3, 0.4) is 0 Å². The predicted octanol–water partition coefficient (Wildman–Crippen LogP) is 4.86. The van der Waals surface area contributed by atoms with E-state index in [0.29, 0.717) is 0 Å². The Labute approximate surface area is 177 Å². The number of ether oxygens (including phenoxy) is 2. The Morgan fingerprint density at radius 2 is 1.79 bits per heavy atom. The fraction of sp³-hybridized carbons (Fsp3) is 0.130. The lowest BCUT2D eigenvalue weighted by molar-refractivity contribution is 0.174. The molecule has 2 atom stereocenters. The standard InChI is InChI=1S/C23H19BrN2O3/c24-16-5-3-4-15(10-16)23-25-18(14-8-9-21-22(11-14)29-13-28-21)12-19(26-23)17-6-1-2-7-20(17)27/h1-12,19,23,25-27H,13H2. The number of phenols is 1. The molecule has 2 aliphatic heterocycles. The minimum Gasteiger partial charge on any atom is -0.508 e. The Bertz CT molecular complexity index is 1100. The highest BCUT2D eigenvalue weighted by atomic mass is 79.9. The van der Waals surface area contributed by atoms with Crippen molar-refractivity contribution >= 4 is 21.6 Å². The fourth-order valence-electron chi connectivity index (χ4n) is 3.68. The quantitative estimate of drug-likeness (QED) is 0.531. The van der Waals surface area contributed by atoms with E-state index in [4.69, 9.17) is 9.47 Å². The van der Waals surface area contributed by atoms with Crippen molar-refractivity contribution in [3.8, 4) is 17.2 Å². The average molecular weight is 451 g/mol. The number of rotatable bonds is 3. The SMILES string of the molecule is Oc1ccccc1C1C=C(c2ccc3c(c2)OCO3)NC(c2cccc(Br)c2)N1. The average Bonchev–Trinajstić information content (AvgIpc) is 3.22. The van der Waals surface area contributed by atoms with Gasteiger partial charge in [-0.1, -0.05) is 46.3 Å². The van der Waals surface area contributed by atoms with E-state index in [1.165, 1.54) is 0 Å². The monoisotopic (exact) mass is 450 g/mol. The highest BCUT2D eigenvalue weighted by Gasteiger charge is 2.26. The van der Waals surface area contributed by atoms with Crippen molar-refractivity contribution in [2.75, 3.05) is 6.79 Å². The van der Waals surface area contributed by atoms with Gasteiger partial charge in [-0.15, -0.1) is 0 Å². The van der Waals surface area contributed by atoms with Gasteiger partial charge in [0.2, 0.25) is 6.79 Å². The van der Waals surface area contributed by atoms with E-state index in [1.54, 1.807) is 6.07 Å². The van der Waals surface area contributed by atoms with E-state index < -0.39 is 0 Å². The van der Waals surface area contributed by atoms with E-state index in [1.807, 2.05) is 48.5 Å². The zero-order valence-corrected chi connectivity index (χ0v) is 17.0. The Morgan fingerprint density at radius 1 is 0.931 bits per heavy atom. The van der Waals surface area contributed by atoms with Gasteiger partial charge >= 0.3 is 0 Å². The Kier molecular flexibility index (Phi) is 4.66. The maximum absolute atomic E-state index is 10.4. The molecule has 0 saturated heterocycles. The zero-order valence-electron chi connectivity index (χ0n) is 15.4. The first-order chi connectivity index (χ1) is 14.2. The second-order valence-corrected chi connectivity index (χ2v) is 7.90. The lowest BCUT2D eigenvalue weighted by Crippen LogP contribution is -2.39. The molecule has 0 saturated carbocycles. The van der Waals surface area contributed by atoms with Gasteiger partial charge in [0.05, 0.1) is 6.04 Å². The van der Waals surface area contributed by atoms with Crippen LogP contribution in [0, 0.1) is 0 Å². The van der Waals surface area contributed by atoms with Gasteiger partial charge in [-0.2, -0.15) is 0 Å². The van der Waals surface area contributed by atoms with Gasteiger partial charge in [-0.3, -0.25) is 5.32 Å². The molecule has 3 N–H and O–H groups in total. The summed E-state index contributed by atoms with van der Waals surface area (Å²) in [7, 11) is 0. The molecule has 0 aliphatic carbocycles. The lowest BCUT2D eigenvalue weighted by Gasteiger charge is -2.33. The molecular weight excluding hydrogens is 432 g/mol. The molecular formula is C23H19BrN2O3. The van der Waals surface area contributed by atoms with Gasteiger partial charge in [-0.05, 0) is 48.0 Å². The van der Waals surface area contributed by atoms with Gasteiger partial charge < -0.3 is 19.9 Å². The summed E-state index contributed by atoms with van der Waals surface area (Å²) in [6.07, 6.45) is 1.95. The molecule has 3 aromatic carbocycles. The molecule has 5 rings (SSSR count). The normalized spacial score (nSPS) is 20.1. The summed E-state index contributed by atoms with van der Waals surface area (Å²) in [5.41, 5.74) is 3.87. The van der Waals surface area contributed by atoms with Crippen molar-refractivity contribution in [2.45, 2.75) is 12.2 Å². The summed E-state index contributed by atoms with van der Waals surface area (Å²) < 4.78 is 12.0. The Balaban J connectivity index is 1.57. The highest BCUT2D eigenvalue weighted by molar-refractivity contribution is 9.10. The van der Waals surface area contributed by atoms with E-state index >= 15 is 0 Å². The van der Waals surface area contributed by atoms with Crippen LogP contribution in [0.5, 0.6) is 17.2 Å². The summed E-state index contributed by atoms with van der Waals surface area (Å²) in [6.45, 7) is 0.244. The molecule has 2 aliphatic rings. The highest BCUT2D eigenvalue weighted by Crippen LogP contribution is 2.37. The second-order valence-electron chi connectivity index (χ2n) is 6.98.